The van der Waals surface area contributed by atoms with Crippen LogP contribution in [0.1, 0.15) is 84.4 Å². The Balaban J connectivity index is 1.04. The van der Waals surface area contributed by atoms with Crippen molar-refractivity contribution in [1.29, 1.82) is 0 Å². The van der Waals surface area contributed by atoms with E-state index in [1.807, 2.05) is 0 Å². The SMILES string of the molecule is Cc1ccc(-c2c3nc(cc4nc(cc5ccc(cc6ccc2[nH]6)[nH]5)C(C)(C)C4)C(C#CC#CC2=Cc4nc2cc2nc(cc5ccc(cc6ccc([nH]6)c4-c4ccc(C)cc4)[nH]5)C(C)(C)C2)=C3)cc1. The first-order valence-corrected chi connectivity index (χ1v) is 23.9. The summed E-state index contributed by atoms with van der Waals surface area (Å²) in [6.45, 7) is 13.2. The third kappa shape index (κ3) is 8.24. The monoisotopic (exact) mass is 906 g/mol. The van der Waals surface area contributed by atoms with Gasteiger partial charge in [-0.05, 0) is 134 Å². The largest absolute Gasteiger partial charge is 0.355 e. The summed E-state index contributed by atoms with van der Waals surface area (Å²) in [5.74, 6) is 13.4. The predicted octanol–water partition coefficient (Wildman–Crippen LogP) is 13.7. The van der Waals surface area contributed by atoms with E-state index in [1.54, 1.807) is 0 Å². The lowest BCUT2D eigenvalue weighted by molar-refractivity contribution is 0.543. The molecule has 4 aliphatic heterocycles. The summed E-state index contributed by atoms with van der Waals surface area (Å²) >= 11 is 0. The molecule has 8 heteroatoms. The van der Waals surface area contributed by atoms with Gasteiger partial charge in [0.25, 0.3) is 0 Å². The van der Waals surface area contributed by atoms with Gasteiger partial charge in [-0.15, -0.1) is 0 Å². The van der Waals surface area contributed by atoms with Gasteiger partial charge in [0.2, 0.25) is 0 Å². The van der Waals surface area contributed by atoms with E-state index in [9.17, 15) is 0 Å². The number of hydrogen-bond donors (Lipinski definition) is 4. The van der Waals surface area contributed by atoms with Crippen LogP contribution in [0.4, 0.5) is 0 Å². The second kappa shape index (κ2) is 16.5. The van der Waals surface area contributed by atoms with Crippen molar-refractivity contribution in [2.24, 2.45) is 0 Å². The molecule has 16 bridgehead atoms. The Hall–Kier alpha value is -8.72. The number of hydrogen-bond acceptors (Lipinski definition) is 4. The zero-order valence-electron chi connectivity index (χ0n) is 40.1. The van der Waals surface area contributed by atoms with Gasteiger partial charge in [-0.2, -0.15) is 0 Å². The summed E-state index contributed by atoms with van der Waals surface area (Å²) in [4.78, 5) is 35.6. The molecule has 0 fully saturated rings. The maximum Gasteiger partial charge on any atom is 0.0812 e. The number of allylic oxidation sites excluding steroid dienone is 2. The molecule has 8 aromatic rings. The maximum absolute atomic E-state index is 5.35. The lowest BCUT2D eigenvalue weighted by atomic mass is 9.87. The number of H-pyrrole nitrogens is 4. The van der Waals surface area contributed by atoms with E-state index >= 15 is 0 Å². The molecule has 4 aliphatic rings. The van der Waals surface area contributed by atoms with E-state index < -0.39 is 0 Å². The fraction of sp³-hybridized carbons (Fsp3) is 0.161. The third-order valence-electron chi connectivity index (χ3n) is 13.6. The molecule has 0 saturated heterocycles. The van der Waals surface area contributed by atoms with Gasteiger partial charge in [0.1, 0.15) is 0 Å². The number of nitrogens with one attached hydrogen (secondary N) is 4. The van der Waals surface area contributed by atoms with Crippen LogP contribution in [-0.2, 0) is 23.7 Å². The Morgan fingerprint density at radius 1 is 0.414 bits per heavy atom. The Labute approximate surface area is 406 Å². The molecule has 0 radical (unpaired) electrons. The normalized spacial score (nSPS) is 14.5. The van der Waals surface area contributed by atoms with Crippen molar-refractivity contribution in [3.8, 4) is 45.9 Å². The maximum atomic E-state index is 5.35. The fourth-order valence-electron chi connectivity index (χ4n) is 9.89. The number of rotatable bonds is 2. The minimum Gasteiger partial charge on any atom is -0.355 e. The van der Waals surface area contributed by atoms with Crippen LogP contribution in [0, 0.1) is 37.5 Å². The fourth-order valence-corrected chi connectivity index (χ4v) is 9.89. The molecule has 0 unspecified atom stereocenters. The Bertz CT molecular complexity index is 3760. The van der Waals surface area contributed by atoms with Gasteiger partial charge in [0.05, 0.1) is 33.9 Å². The molecule has 10 heterocycles. The van der Waals surface area contributed by atoms with E-state index in [1.165, 1.54) is 11.1 Å². The molecule has 12 rings (SSSR count). The average molecular weight is 907 g/mol. The third-order valence-corrected chi connectivity index (χ3v) is 13.6. The summed E-state index contributed by atoms with van der Waals surface area (Å²) in [6, 6.07) is 46.9. The van der Waals surface area contributed by atoms with Gasteiger partial charge >= 0.3 is 0 Å². The Morgan fingerprint density at radius 3 is 1.20 bits per heavy atom. The highest BCUT2D eigenvalue weighted by atomic mass is 14.8. The second-order valence-corrected chi connectivity index (χ2v) is 20.2. The van der Waals surface area contributed by atoms with E-state index in [0.29, 0.717) is 0 Å². The average Bonchev–Trinajstić information content (AvgIpc) is 4.20. The van der Waals surface area contributed by atoms with Gasteiger partial charge in [-0.1, -0.05) is 99.2 Å². The highest BCUT2D eigenvalue weighted by Gasteiger charge is 2.30. The minimum atomic E-state index is -0.174. The number of fused-ring (bicyclic) bond motifs is 16. The van der Waals surface area contributed by atoms with Crippen molar-refractivity contribution >= 4 is 67.4 Å². The van der Waals surface area contributed by atoms with E-state index in [-0.39, 0.29) is 10.8 Å². The topological polar surface area (TPSA) is 115 Å². The van der Waals surface area contributed by atoms with Gasteiger partial charge in [-0.25, -0.2) is 9.97 Å². The van der Waals surface area contributed by atoms with Gasteiger partial charge < -0.3 is 19.9 Å². The van der Waals surface area contributed by atoms with E-state index in [4.69, 9.17) is 19.9 Å². The number of aromatic amines is 4. The number of benzene rings is 2. The lowest BCUT2D eigenvalue weighted by Gasteiger charge is -2.15. The van der Waals surface area contributed by atoms with Crippen LogP contribution in [-0.4, -0.2) is 39.9 Å². The van der Waals surface area contributed by atoms with Crippen LogP contribution in [0.5, 0.6) is 0 Å². The van der Waals surface area contributed by atoms with Crippen molar-refractivity contribution < 1.29 is 0 Å². The van der Waals surface area contributed by atoms with Crippen molar-refractivity contribution in [2.75, 3.05) is 0 Å². The van der Waals surface area contributed by atoms with Gasteiger partial charge in [0, 0.05) is 102 Å². The van der Waals surface area contributed by atoms with Crippen molar-refractivity contribution in [3.05, 3.63) is 190 Å². The van der Waals surface area contributed by atoms with Crippen LogP contribution in [0.2, 0.25) is 0 Å². The lowest BCUT2D eigenvalue weighted by Crippen LogP contribution is -2.14. The number of aromatic nitrogens is 8. The zero-order valence-corrected chi connectivity index (χ0v) is 40.1. The molecule has 0 spiro atoms. The predicted molar refractivity (Wildman–Crippen MR) is 287 cm³/mol. The first kappa shape index (κ1) is 42.6. The van der Waals surface area contributed by atoms with Crippen LogP contribution < -0.4 is 0 Å². The van der Waals surface area contributed by atoms with Crippen molar-refractivity contribution in [1.82, 2.24) is 39.9 Å². The molecular formula is C62H50N8. The van der Waals surface area contributed by atoms with Crippen LogP contribution >= 0.6 is 0 Å². The second-order valence-electron chi connectivity index (χ2n) is 20.2. The summed E-state index contributed by atoms with van der Waals surface area (Å²) < 4.78 is 0. The molecule has 6 aromatic heterocycles. The molecule has 2 aromatic carbocycles. The Kier molecular flexibility index (Phi) is 10.1. The molecule has 0 amide bonds. The van der Waals surface area contributed by atoms with Crippen LogP contribution in [0.25, 0.3) is 89.7 Å². The van der Waals surface area contributed by atoms with Gasteiger partial charge in [0.15, 0.2) is 0 Å². The van der Waals surface area contributed by atoms with Crippen molar-refractivity contribution in [2.45, 2.75) is 65.2 Å². The molecule has 70 heavy (non-hydrogen) atoms. The van der Waals surface area contributed by atoms with Crippen LogP contribution in [0.15, 0.2) is 133 Å². The molecule has 0 atom stereocenters. The minimum absolute atomic E-state index is 0.174. The molecule has 0 aliphatic carbocycles. The van der Waals surface area contributed by atoms with E-state index in [2.05, 4.69) is 231 Å². The molecule has 338 valence electrons. The first-order valence-electron chi connectivity index (χ1n) is 23.9. The summed E-state index contributed by atoms with van der Waals surface area (Å²) in [5.41, 5.74) is 22.7. The Morgan fingerprint density at radius 2 is 0.786 bits per heavy atom. The number of nitrogens with zero attached hydrogens (tertiary/aromatic N) is 4. The van der Waals surface area contributed by atoms with Gasteiger partial charge in [-0.3, -0.25) is 9.97 Å². The standard InChI is InChI=1S/C62H50N8/c1-37-11-15-39(16-12-37)59-51-25-23-45(65-51)29-43-19-21-47(63-43)33-57-61(3,4)35-49(67-57)31-53-41(27-55(59)69-53)9-7-8-10-42-28-56-60(40-17-13-38(2)14-18-40)52-26-24-46(66-52)30-44-20-22-48(64-44)34-58-62(5,6)36-50(68-58)32-54(42)70-56/h11-34,63-66H,35-36H2,1-6H3. The molecule has 8 nitrogen and oxygen atoms in total. The van der Waals surface area contributed by atoms with E-state index in [0.717, 1.165) is 136 Å². The quantitative estimate of drug-likeness (QED) is 0.129. The van der Waals surface area contributed by atoms with Crippen LogP contribution in [0.3, 0.4) is 0 Å². The van der Waals surface area contributed by atoms with Crippen molar-refractivity contribution in [3.63, 3.8) is 0 Å². The highest BCUT2D eigenvalue weighted by Crippen LogP contribution is 2.37. The summed E-state index contributed by atoms with van der Waals surface area (Å²) in [6.07, 6.45) is 5.72. The molecular weight excluding hydrogens is 857 g/mol. The highest BCUT2D eigenvalue weighted by molar-refractivity contribution is 6.00. The number of aryl methyl sites for hydroxylation is 2. The molecule has 0 saturated carbocycles. The zero-order chi connectivity index (χ0) is 47.7. The summed E-state index contributed by atoms with van der Waals surface area (Å²) in [7, 11) is 0. The summed E-state index contributed by atoms with van der Waals surface area (Å²) in [5, 5.41) is 0. The molecule has 4 N–H and O–H groups in total. The smallest absolute Gasteiger partial charge is 0.0812 e. The first-order chi connectivity index (χ1) is 33.8.